The average Bonchev–Trinajstić information content (AvgIpc) is 2.66. The number of nitrogens with one attached hydrogen (secondary N) is 1. The molecule has 0 aliphatic heterocycles. The number of nitrogens with zero attached hydrogens (tertiary/aromatic N) is 3. The first-order chi connectivity index (χ1) is 13.8. The molecular weight excluding hydrogens is 396 g/mol. The van der Waals surface area contributed by atoms with Crippen molar-refractivity contribution < 1.29 is 14.5 Å². The molecule has 0 atom stereocenters. The van der Waals surface area contributed by atoms with Gasteiger partial charge in [0.25, 0.3) is 0 Å². The van der Waals surface area contributed by atoms with Crippen LogP contribution in [0, 0.1) is 24.0 Å². The standard InChI is InChI=1S/C20H17ClN4O4/c1-11-7-16(8-12(2)17(11)21)29-20-18(25(27)28)19(22-10-23-20)24-15-6-4-5-14(9-15)13(3)26/h4-10H,1-3H3,(H,22,23,24). The number of carbonyl (C=O) groups is 1. The number of nitro groups is 1. The Morgan fingerprint density at radius 2 is 1.86 bits per heavy atom. The largest absolute Gasteiger partial charge is 0.434 e. The lowest BCUT2D eigenvalue weighted by Gasteiger charge is -2.11. The summed E-state index contributed by atoms with van der Waals surface area (Å²) in [5.74, 6) is -0.0153. The Hall–Kier alpha value is -3.52. The molecule has 8 nitrogen and oxygen atoms in total. The second kappa shape index (κ2) is 8.24. The lowest BCUT2D eigenvalue weighted by molar-refractivity contribution is -0.385. The zero-order valence-corrected chi connectivity index (χ0v) is 16.6. The molecule has 1 heterocycles. The highest BCUT2D eigenvalue weighted by Crippen LogP contribution is 2.37. The minimum absolute atomic E-state index is 0.0527. The summed E-state index contributed by atoms with van der Waals surface area (Å²) >= 11 is 6.16. The number of ether oxygens (including phenoxy) is 1. The number of halogens is 1. The Morgan fingerprint density at radius 1 is 1.17 bits per heavy atom. The van der Waals surface area contributed by atoms with Gasteiger partial charge in [0.15, 0.2) is 5.78 Å². The van der Waals surface area contributed by atoms with Gasteiger partial charge in [0.2, 0.25) is 5.82 Å². The quantitative estimate of drug-likeness (QED) is 0.328. The Kier molecular flexibility index (Phi) is 5.74. The average molecular weight is 413 g/mol. The van der Waals surface area contributed by atoms with E-state index in [-0.39, 0.29) is 17.5 Å². The normalized spacial score (nSPS) is 10.5. The number of rotatable bonds is 6. The molecule has 0 fully saturated rings. The van der Waals surface area contributed by atoms with E-state index < -0.39 is 10.6 Å². The third kappa shape index (κ3) is 4.49. The fourth-order valence-electron chi connectivity index (χ4n) is 2.72. The van der Waals surface area contributed by atoms with Crippen molar-refractivity contribution in [2.45, 2.75) is 20.8 Å². The molecule has 0 aliphatic rings. The molecule has 0 aliphatic carbocycles. The molecule has 3 aromatic rings. The van der Waals surface area contributed by atoms with Gasteiger partial charge in [0, 0.05) is 16.3 Å². The molecule has 0 radical (unpaired) electrons. The van der Waals surface area contributed by atoms with Crippen molar-refractivity contribution in [1.29, 1.82) is 0 Å². The summed E-state index contributed by atoms with van der Waals surface area (Å²) in [6.07, 6.45) is 1.16. The van der Waals surface area contributed by atoms with Crippen molar-refractivity contribution in [3.63, 3.8) is 0 Å². The first-order valence-corrected chi connectivity index (χ1v) is 8.96. The maximum atomic E-state index is 11.7. The molecule has 9 heteroatoms. The van der Waals surface area contributed by atoms with Crippen molar-refractivity contribution in [1.82, 2.24) is 9.97 Å². The number of benzene rings is 2. The number of ketones is 1. The lowest BCUT2D eigenvalue weighted by Crippen LogP contribution is -2.04. The van der Waals surface area contributed by atoms with E-state index in [0.29, 0.717) is 22.0 Å². The second-order valence-electron chi connectivity index (χ2n) is 6.37. The highest BCUT2D eigenvalue weighted by atomic mass is 35.5. The Balaban J connectivity index is 1.99. The van der Waals surface area contributed by atoms with Gasteiger partial charge in [0.1, 0.15) is 12.1 Å². The molecule has 0 bridgehead atoms. The van der Waals surface area contributed by atoms with E-state index in [2.05, 4.69) is 15.3 Å². The highest BCUT2D eigenvalue weighted by molar-refractivity contribution is 6.32. The van der Waals surface area contributed by atoms with Crippen LogP contribution in [-0.2, 0) is 0 Å². The molecule has 3 rings (SSSR count). The number of carbonyl (C=O) groups excluding carboxylic acids is 1. The summed E-state index contributed by atoms with van der Waals surface area (Å²) in [5, 5.41) is 15.2. The van der Waals surface area contributed by atoms with Crippen molar-refractivity contribution in [3.05, 3.63) is 74.6 Å². The zero-order chi connectivity index (χ0) is 21.1. The van der Waals surface area contributed by atoms with Crippen molar-refractivity contribution in [2.24, 2.45) is 0 Å². The van der Waals surface area contributed by atoms with Crippen LogP contribution in [0.1, 0.15) is 28.4 Å². The van der Waals surface area contributed by atoms with Gasteiger partial charge in [-0.05, 0) is 56.2 Å². The van der Waals surface area contributed by atoms with E-state index in [9.17, 15) is 14.9 Å². The van der Waals surface area contributed by atoms with Crippen LogP contribution >= 0.6 is 11.6 Å². The van der Waals surface area contributed by atoms with E-state index in [1.54, 1.807) is 36.4 Å². The van der Waals surface area contributed by atoms with E-state index in [1.165, 1.54) is 6.92 Å². The van der Waals surface area contributed by atoms with Crippen molar-refractivity contribution in [2.75, 3.05) is 5.32 Å². The van der Waals surface area contributed by atoms with Crippen LogP contribution in [0.4, 0.5) is 17.2 Å². The molecule has 2 aromatic carbocycles. The number of hydrogen-bond acceptors (Lipinski definition) is 7. The monoisotopic (exact) mass is 412 g/mol. The van der Waals surface area contributed by atoms with Gasteiger partial charge in [-0.1, -0.05) is 23.7 Å². The first-order valence-electron chi connectivity index (χ1n) is 8.58. The molecule has 0 amide bonds. The van der Waals surface area contributed by atoms with E-state index in [1.807, 2.05) is 13.8 Å². The smallest absolute Gasteiger partial charge is 0.373 e. The highest BCUT2D eigenvalue weighted by Gasteiger charge is 2.25. The lowest BCUT2D eigenvalue weighted by atomic mass is 10.1. The van der Waals surface area contributed by atoms with E-state index in [4.69, 9.17) is 16.3 Å². The minimum Gasteiger partial charge on any atom is -0.434 e. The third-order valence-corrected chi connectivity index (χ3v) is 4.72. The molecule has 1 aromatic heterocycles. The molecule has 0 saturated heterocycles. The number of anilines is 2. The number of aromatic nitrogens is 2. The molecule has 0 unspecified atom stereocenters. The third-order valence-electron chi connectivity index (χ3n) is 4.13. The van der Waals surface area contributed by atoms with Gasteiger partial charge in [-0.2, -0.15) is 4.98 Å². The predicted molar refractivity (Wildman–Crippen MR) is 109 cm³/mol. The maximum Gasteiger partial charge on any atom is 0.373 e. The summed E-state index contributed by atoms with van der Waals surface area (Å²) in [6.45, 7) is 5.06. The summed E-state index contributed by atoms with van der Waals surface area (Å²) < 4.78 is 5.68. The van der Waals surface area contributed by atoms with Gasteiger partial charge in [-0.15, -0.1) is 0 Å². The van der Waals surface area contributed by atoms with E-state index >= 15 is 0 Å². The minimum atomic E-state index is -0.623. The Labute approximate surface area is 171 Å². The molecule has 1 N–H and O–H groups in total. The van der Waals surface area contributed by atoms with Crippen LogP contribution in [-0.4, -0.2) is 20.7 Å². The van der Waals surface area contributed by atoms with E-state index in [0.717, 1.165) is 17.5 Å². The zero-order valence-electron chi connectivity index (χ0n) is 15.9. The molecule has 0 spiro atoms. The predicted octanol–water partition coefficient (Wildman–Crippen LogP) is 5.39. The van der Waals surface area contributed by atoms with Crippen LogP contribution in [0.2, 0.25) is 5.02 Å². The van der Waals surface area contributed by atoms with Gasteiger partial charge >= 0.3 is 11.6 Å². The second-order valence-corrected chi connectivity index (χ2v) is 6.75. The number of hydrogen-bond donors (Lipinski definition) is 1. The Morgan fingerprint density at radius 3 is 2.48 bits per heavy atom. The maximum absolute atomic E-state index is 11.7. The van der Waals surface area contributed by atoms with Crippen LogP contribution in [0.25, 0.3) is 0 Å². The number of aryl methyl sites for hydroxylation is 2. The molecular formula is C20H17ClN4O4. The van der Waals surface area contributed by atoms with Crippen molar-refractivity contribution >= 4 is 34.6 Å². The van der Waals surface area contributed by atoms with Crippen LogP contribution < -0.4 is 10.1 Å². The van der Waals surface area contributed by atoms with Gasteiger partial charge < -0.3 is 10.1 Å². The molecule has 29 heavy (non-hydrogen) atoms. The van der Waals surface area contributed by atoms with Crippen molar-refractivity contribution in [3.8, 4) is 11.6 Å². The van der Waals surface area contributed by atoms with Crippen LogP contribution in [0.5, 0.6) is 11.6 Å². The van der Waals surface area contributed by atoms with Crippen LogP contribution in [0.3, 0.4) is 0 Å². The number of Topliss-reactive ketones (excluding diaryl/α,β-unsaturated/α-hetero) is 1. The summed E-state index contributed by atoms with van der Waals surface area (Å²) in [7, 11) is 0. The first kappa shape index (κ1) is 20.2. The summed E-state index contributed by atoms with van der Waals surface area (Å²) in [6, 6.07) is 9.92. The fraction of sp³-hybridized carbons (Fsp3) is 0.150. The summed E-state index contributed by atoms with van der Waals surface area (Å²) in [5.41, 5.74) is 2.07. The molecule has 0 saturated carbocycles. The topological polar surface area (TPSA) is 107 Å². The Bertz CT molecular complexity index is 1090. The van der Waals surface area contributed by atoms with Gasteiger partial charge in [-0.25, -0.2) is 4.98 Å². The molecule has 148 valence electrons. The van der Waals surface area contributed by atoms with Crippen LogP contribution in [0.15, 0.2) is 42.7 Å². The fourth-order valence-corrected chi connectivity index (χ4v) is 2.83. The summed E-state index contributed by atoms with van der Waals surface area (Å²) in [4.78, 5) is 30.6. The SMILES string of the molecule is CC(=O)c1cccc(Nc2ncnc(Oc3cc(C)c(Cl)c(C)c3)c2[N+](=O)[O-])c1. The van der Waals surface area contributed by atoms with Gasteiger partial charge in [-0.3, -0.25) is 14.9 Å². The van der Waals surface area contributed by atoms with Gasteiger partial charge in [0.05, 0.1) is 4.92 Å².